The number of rotatable bonds is 5. The van der Waals surface area contributed by atoms with E-state index in [4.69, 9.17) is 11.6 Å². The van der Waals surface area contributed by atoms with E-state index < -0.39 is 11.6 Å². The Bertz CT molecular complexity index is 471. The summed E-state index contributed by atoms with van der Waals surface area (Å²) in [5, 5.41) is 2.46. The van der Waals surface area contributed by atoms with E-state index in [1.807, 2.05) is 0 Å². The monoisotopic (exact) mass is 303 g/mol. The third kappa shape index (κ3) is 5.87. The van der Waals surface area contributed by atoms with Crippen molar-refractivity contribution in [2.24, 2.45) is 5.41 Å². The Morgan fingerprint density at radius 1 is 1.35 bits per heavy atom. The van der Waals surface area contributed by atoms with Crippen molar-refractivity contribution < 1.29 is 13.6 Å². The molecule has 0 aliphatic heterocycles. The lowest BCUT2D eigenvalue weighted by Gasteiger charge is -2.22. The molecule has 1 N–H and O–H groups in total. The number of carbonyl (C=O) groups is 1. The van der Waals surface area contributed by atoms with Crippen LogP contribution >= 0.6 is 11.6 Å². The summed E-state index contributed by atoms with van der Waals surface area (Å²) in [7, 11) is 0. The number of halogens is 3. The van der Waals surface area contributed by atoms with Crippen LogP contribution in [-0.4, -0.2) is 17.8 Å². The number of nitrogens with one attached hydrogen (secondary N) is 1. The second-order valence-electron chi connectivity index (χ2n) is 6.06. The first-order valence-corrected chi connectivity index (χ1v) is 6.96. The first-order chi connectivity index (χ1) is 9.19. The van der Waals surface area contributed by atoms with Gasteiger partial charge in [0.15, 0.2) is 11.6 Å². The maximum atomic E-state index is 13.4. The van der Waals surface area contributed by atoms with E-state index in [9.17, 15) is 13.6 Å². The Hall–Kier alpha value is -1.16. The van der Waals surface area contributed by atoms with Gasteiger partial charge in [0, 0.05) is 12.1 Å². The molecule has 0 fully saturated rings. The van der Waals surface area contributed by atoms with Crippen molar-refractivity contribution in [3.05, 3.63) is 35.4 Å². The van der Waals surface area contributed by atoms with Crippen molar-refractivity contribution in [2.45, 2.75) is 39.0 Å². The van der Waals surface area contributed by atoms with Crippen LogP contribution in [0, 0.1) is 17.0 Å². The summed E-state index contributed by atoms with van der Waals surface area (Å²) in [6.07, 6.45) is 0.561. The van der Waals surface area contributed by atoms with Crippen molar-refractivity contribution in [2.75, 3.05) is 6.54 Å². The average molecular weight is 304 g/mol. The van der Waals surface area contributed by atoms with Crippen LogP contribution in [0.25, 0.3) is 0 Å². The highest BCUT2D eigenvalue weighted by atomic mass is 35.5. The first kappa shape index (κ1) is 16.9. The van der Waals surface area contributed by atoms with Crippen molar-refractivity contribution >= 4 is 17.5 Å². The largest absolute Gasteiger partial charge is 0.354 e. The zero-order valence-corrected chi connectivity index (χ0v) is 12.7. The number of amides is 1. The summed E-state index contributed by atoms with van der Waals surface area (Å²) in [5.41, 5.74) is 0.121. The van der Waals surface area contributed by atoms with Crippen LogP contribution in [0.15, 0.2) is 18.2 Å². The molecule has 0 saturated heterocycles. The van der Waals surface area contributed by atoms with E-state index in [-0.39, 0.29) is 28.7 Å². The molecule has 0 spiro atoms. The third-order valence-corrected chi connectivity index (χ3v) is 3.05. The molecule has 1 atom stereocenters. The highest BCUT2D eigenvalue weighted by Crippen LogP contribution is 2.23. The van der Waals surface area contributed by atoms with Gasteiger partial charge in [-0.05, 0) is 17.9 Å². The van der Waals surface area contributed by atoms with Crippen LogP contribution in [0.4, 0.5) is 8.78 Å². The molecule has 0 saturated carbocycles. The number of hydrogen-bond donors (Lipinski definition) is 1. The summed E-state index contributed by atoms with van der Waals surface area (Å²) in [6.45, 7) is 6.50. The highest BCUT2D eigenvalue weighted by Gasteiger charge is 2.18. The van der Waals surface area contributed by atoms with Gasteiger partial charge in [-0.1, -0.05) is 32.9 Å². The standard InChI is InChI=1S/C15H20ClF2NO/c1-15(2,3)8-11(16)9-19-13(20)7-10-5-4-6-12(17)14(10)18/h4-6,11H,7-9H2,1-3H3,(H,19,20). The van der Waals surface area contributed by atoms with Crippen LogP contribution < -0.4 is 5.32 Å². The second-order valence-corrected chi connectivity index (χ2v) is 6.67. The zero-order chi connectivity index (χ0) is 15.3. The lowest BCUT2D eigenvalue weighted by molar-refractivity contribution is -0.120. The van der Waals surface area contributed by atoms with Gasteiger partial charge >= 0.3 is 0 Å². The molecule has 0 heterocycles. The van der Waals surface area contributed by atoms with Crippen molar-refractivity contribution in [1.29, 1.82) is 0 Å². The molecule has 0 aliphatic rings. The van der Waals surface area contributed by atoms with Gasteiger partial charge in [0.05, 0.1) is 11.8 Å². The molecule has 1 rings (SSSR count). The Kier molecular flexibility index (Phi) is 5.93. The predicted octanol–water partition coefficient (Wildman–Crippen LogP) is 3.67. The van der Waals surface area contributed by atoms with E-state index >= 15 is 0 Å². The quantitative estimate of drug-likeness (QED) is 0.826. The Balaban J connectivity index is 2.46. The van der Waals surface area contributed by atoms with Gasteiger partial charge in [0.25, 0.3) is 0 Å². The molecule has 0 radical (unpaired) electrons. The minimum Gasteiger partial charge on any atom is -0.354 e. The molecule has 2 nitrogen and oxygen atoms in total. The SMILES string of the molecule is CC(C)(C)CC(Cl)CNC(=O)Cc1cccc(F)c1F. The molecule has 1 aromatic carbocycles. The van der Waals surface area contributed by atoms with Gasteiger partial charge in [-0.3, -0.25) is 4.79 Å². The van der Waals surface area contributed by atoms with Crippen LogP contribution in [-0.2, 0) is 11.2 Å². The van der Waals surface area contributed by atoms with E-state index in [1.165, 1.54) is 12.1 Å². The van der Waals surface area contributed by atoms with Gasteiger partial charge in [-0.25, -0.2) is 8.78 Å². The average Bonchev–Trinajstić information content (AvgIpc) is 2.30. The highest BCUT2D eigenvalue weighted by molar-refractivity contribution is 6.20. The Labute approximate surface area is 123 Å². The second kappa shape index (κ2) is 7.02. The van der Waals surface area contributed by atoms with Crippen LogP contribution in [0.3, 0.4) is 0 Å². The van der Waals surface area contributed by atoms with Gasteiger partial charge in [-0.2, -0.15) is 0 Å². The molecule has 20 heavy (non-hydrogen) atoms. The molecule has 0 bridgehead atoms. The molecule has 1 aromatic rings. The molecule has 5 heteroatoms. The van der Waals surface area contributed by atoms with Crippen molar-refractivity contribution in [1.82, 2.24) is 5.32 Å². The topological polar surface area (TPSA) is 29.1 Å². The molecule has 1 amide bonds. The molecule has 0 aromatic heterocycles. The zero-order valence-electron chi connectivity index (χ0n) is 12.0. The van der Waals surface area contributed by atoms with Gasteiger partial charge in [0.2, 0.25) is 5.91 Å². The van der Waals surface area contributed by atoms with E-state index in [1.54, 1.807) is 0 Å². The van der Waals surface area contributed by atoms with Crippen LogP contribution in [0.5, 0.6) is 0 Å². The molecule has 0 aliphatic carbocycles. The third-order valence-electron chi connectivity index (χ3n) is 2.74. The first-order valence-electron chi connectivity index (χ1n) is 6.53. The summed E-state index contributed by atoms with van der Waals surface area (Å²) in [6, 6.07) is 3.80. The fraction of sp³-hybridized carbons (Fsp3) is 0.533. The number of alkyl halides is 1. The van der Waals surface area contributed by atoms with Crippen LogP contribution in [0.1, 0.15) is 32.8 Å². The van der Waals surface area contributed by atoms with Gasteiger partial charge in [0.1, 0.15) is 0 Å². The fourth-order valence-electron chi connectivity index (χ4n) is 1.88. The number of benzene rings is 1. The maximum absolute atomic E-state index is 13.4. The normalized spacial score (nSPS) is 13.1. The maximum Gasteiger partial charge on any atom is 0.224 e. The predicted molar refractivity (Wildman–Crippen MR) is 76.8 cm³/mol. The van der Waals surface area contributed by atoms with Gasteiger partial charge < -0.3 is 5.32 Å². The Morgan fingerprint density at radius 3 is 2.60 bits per heavy atom. The summed E-state index contributed by atoms with van der Waals surface area (Å²) < 4.78 is 26.4. The summed E-state index contributed by atoms with van der Waals surface area (Å²) in [4.78, 5) is 11.7. The minimum absolute atomic E-state index is 0.0458. The fourth-order valence-corrected chi connectivity index (χ4v) is 2.42. The lowest BCUT2D eigenvalue weighted by Crippen LogP contribution is -2.32. The number of carbonyl (C=O) groups excluding carboxylic acids is 1. The summed E-state index contributed by atoms with van der Waals surface area (Å²) >= 11 is 6.12. The lowest BCUT2D eigenvalue weighted by atomic mass is 9.90. The number of hydrogen-bond acceptors (Lipinski definition) is 1. The minimum atomic E-state index is -0.972. The van der Waals surface area contributed by atoms with Crippen molar-refractivity contribution in [3.8, 4) is 0 Å². The molecular formula is C15H20ClF2NO. The molecule has 112 valence electrons. The summed E-state index contributed by atoms with van der Waals surface area (Å²) in [5.74, 6) is -2.29. The van der Waals surface area contributed by atoms with Crippen LogP contribution in [0.2, 0.25) is 0 Å². The van der Waals surface area contributed by atoms with E-state index in [2.05, 4.69) is 26.1 Å². The molecular weight excluding hydrogens is 284 g/mol. The van der Waals surface area contributed by atoms with E-state index in [0.717, 1.165) is 12.5 Å². The molecule has 1 unspecified atom stereocenters. The van der Waals surface area contributed by atoms with Crippen molar-refractivity contribution in [3.63, 3.8) is 0 Å². The Morgan fingerprint density at radius 2 is 2.00 bits per heavy atom. The van der Waals surface area contributed by atoms with Gasteiger partial charge in [-0.15, -0.1) is 11.6 Å². The van der Waals surface area contributed by atoms with E-state index in [0.29, 0.717) is 6.54 Å². The smallest absolute Gasteiger partial charge is 0.224 e.